The maximum atomic E-state index is 13.3. The molecule has 0 unspecified atom stereocenters. The Hall–Kier alpha value is -2.67. The molecule has 0 amide bonds. The summed E-state index contributed by atoms with van der Waals surface area (Å²) in [5.41, 5.74) is 1.45. The molecule has 2 aromatic rings. The van der Waals surface area contributed by atoms with Gasteiger partial charge in [-0.05, 0) is 55.4 Å². The minimum Gasteiger partial charge on any atom is -0.508 e. The van der Waals surface area contributed by atoms with Crippen LogP contribution in [0.15, 0.2) is 48.5 Å². The summed E-state index contributed by atoms with van der Waals surface area (Å²) in [5.74, 6) is -0.343. The lowest BCUT2D eigenvalue weighted by Crippen LogP contribution is -2.39. The molecule has 150 valence electrons. The van der Waals surface area contributed by atoms with Gasteiger partial charge in [0.25, 0.3) is 0 Å². The van der Waals surface area contributed by atoms with Crippen molar-refractivity contribution < 1.29 is 19.0 Å². The fraction of sp³-hybridized carbons (Fsp3) is 0.333. The Bertz CT molecular complexity index is 783. The molecular formula is C21H25FN2O3S. The van der Waals surface area contributed by atoms with E-state index in [1.165, 1.54) is 19.2 Å². The molecule has 2 N–H and O–H groups in total. The number of carbonyl (C=O) groups is 1. The number of phenolic OH excluding ortho intramolecular Hbond substituents is 1. The number of benzene rings is 2. The van der Waals surface area contributed by atoms with Crippen molar-refractivity contribution in [3.05, 3.63) is 59.9 Å². The summed E-state index contributed by atoms with van der Waals surface area (Å²) in [4.78, 5) is 12.9. The fourth-order valence-corrected chi connectivity index (χ4v) is 2.95. The second-order valence-corrected chi connectivity index (χ2v) is 6.70. The van der Waals surface area contributed by atoms with Crippen molar-refractivity contribution >= 4 is 29.0 Å². The highest BCUT2D eigenvalue weighted by molar-refractivity contribution is 7.80. The highest BCUT2D eigenvalue weighted by atomic mass is 32.1. The molecular weight excluding hydrogens is 379 g/mol. The molecule has 0 fully saturated rings. The van der Waals surface area contributed by atoms with E-state index in [-0.39, 0.29) is 17.5 Å². The average molecular weight is 405 g/mol. The standard InChI is InChI=1S/C21H25FN2O3S/c1-27-20(26)9-3-2-6-14-23-21(28)24(18-12-10-17(22)11-13-18)15-16-7-4-5-8-19(16)25/h4-5,7-8,10-13,25H,2-3,6,9,14-15H2,1H3,(H,23,28). The van der Waals surface area contributed by atoms with Gasteiger partial charge in [0.2, 0.25) is 0 Å². The number of anilines is 1. The summed E-state index contributed by atoms with van der Waals surface area (Å²) in [6.45, 7) is 1.00. The maximum Gasteiger partial charge on any atom is 0.305 e. The summed E-state index contributed by atoms with van der Waals surface area (Å²) < 4.78 is 17.9. The van der Waals surface area contributed by atoms with Crippen LogP contribution in [-0.2, 0) is 16.1 Å². The molecule has 0 aromatic heterocycles. The number of para-hydroxylation sites is 1. The number of rotatable bonds is 9. The topological polar surface area (TPSA) is 61.8 Å². The molecule has 2 aromatic carbocycles. The highest BCUT2D eigenvalue weighted by Gasteiger charge is 2.14. The Morgan fingerprint density at radius 1 is 1.14 bits per heavy atom. The number of thiocarbonyl (C=S) groups is 1. The normalized spacial score (nSPS) is 10.4. The molecule has 0 saturated carbocycles. The van der Waals surface area contributed by atoms with Gasteiger partial charge >= 0.3 is 5.97 Å². The first-order valence-electron chi connectivity index (χ1n) is 9.16. The zero-order valence-electron chi connectivity index (χ0n) is 15.9. The maximum absolute atomic E-state index is 13.3. The van der Waals surface area contributed by atoms with Crippen LogP contribution in [0.2, 0.25) is 0 Å². The van der Waals surface area contributed by atoms with Crippen LogP contribution in [0, 0.1) is 5.82 Å². The van der Waals surface area contributed by atoms with Crippen LogP contribution in [0.5, 0.6) is 5.75 Å². The number of methoxy groups -OCH3 is 1. The molecule has 0 saturated heterocycles. The molecule has 7 heteroatoms. The highest BCUT2D eigenvalue weighted by Crippen LogP contribution is 2.23. The van der Waals surface area contributed by atoms with Crippen LogP contribution in [0.3, 0.4) is 0 Å². The summed E-state index contributed by atoms with van der Waals surface area (Å²) in [7, 11) is 1.39. The minimum absolute atomic E-state index is 0.181. The first-order chi connectivity index (χ1) is 13.5. The van der Waals surface area contributed by atoms with Crippen LogP contribution in [-0.4, -0.2) is 29.8 Å². The lowest BCUT2D eigenvalue weighted by Gasteiger charge is -2.26. The third kappa shape index (κ3) is 6.81. The molecule has 0 aliphatic carbocycles. The van der Waals surface area contributed by atoms with E-state index in [0.717, 1.165) is 24.9 Å². The summed E-state index contributed by atoms with van der Waals surface area (Å²) >= 11 is 5.54. The van der Waals surface area contributed by atoms with Gasteiger partial charge in [-0.25, -0.2) is 4.39 Å². The number of esters is 1. The largest absolute Gasteiger partial charge is 0.508 e. The summed E-state index contributed by atoms with van der Waals surface area (Å²) in [6.07, 6.45) is 2.91. The molecule has 0 bridgehead atoms. The van der Waals surface area contributed by atoms with Gasteiger partial charge in [-0.15, -0.1) is 0 Å². The number of aromatic hydroxyl groups is 1. The monoisotopic (exact) mass is 404 g/mol. The van der Waals surface area contributed by atoms with Crippen LogP contribution in [0.4, 0.5) is 10.1 Å². The van der Waals surface area contributed by atoms with Crippen LogP contribution < -0.4 is 10.2 Å². The van der Waals surface area contributed by atoms with E-state index in [1.807, 2.05) is 17.0 Å². The van der Waals surface area contributed by atoms with Crippen LogP contribution >= 0.6 is 12.2 Å². The first-order valence-corrected chi connectivity index (χ1v) is 9.56. The molecule has 0 aliphatic heterocycles. The van der Waals surface area contributed by atoms with Gasteiger partial charge < -0.3 is 20.1 Å². The van der Waals surface area contributed by atoms with Crippen LogP contribution in [0.1, 0.15) is 31.2 Å². The lowest BCUT2D eigenvalue weighted by molar-refractivity contribution is -0.140. The smallest absolute Gasteiger partial charge is 0.305 e. The quantitative estimate of drug-likeness (QED) is 0.372. The second-order valence-electron chi connectivity index (χ2n) is 6.31. The van der Waals surface area contributed by atoms with Gasteiger partial charge in [0.1, 0.15) is 11.6 Å². The first kappa shape index (κ1) is 21.6. The van der Waals surface area contributed by atoms with Crippen molar-refractivity contribution in [1.82, 2.24) is 5.32 Å². The number of hydrogen-bond donors (Lipinski definition) is 2. The van der Waals surface area contributed by atoms with E-state index in [0.29, 0.717) is 30.2 Å². The average Bonchev–Trinajstić information content (AvgIpc) is 2.70. The molecule has 28 heavy (non-hydrogen) atoms. The Balaban J connectivity index is 1.96. The van der Waals surface area contributed by atoms with Gasteiger partial charge in [-0.2, -0.15) is 0 Å². The van der Waals surface area contributed by atoms with Gasteiger partial charge in [0.15, 0.2) is 5.11 Å². The van der Waals surface area contributed by atoms with Gasteiger partial charge in [0.05, 0.1) is 13.7 Å². The summed E-state index contributed by atoms with van der Waals surface area (Å²) in [5, 5.41) is 13.8. The third-order valence-electron chi connectivity index (χ3n) is 4.27. The number of hydrogen-bond acceptors (Lipinski definition) is 4. The van der Waals surface area contributed by atoms with E-state index in [9.17, 15) is 14.3 Å². The molecule has 0 radical (unpaired) electrons. The SMILES string of the molecule is COC(=O)CCCCCNC(=S)N(Cc1ccccc1O)c1ccc(F)cc1. The zero-order valence-corrected chi connectivity index (χ0v) is 16.7. The van der Waals surface area contributed by atoms with E-state index in [4.69, 9.17) is 12.2 Å². The van der Waals surface area contributed by atoms with E-state index < -0.39 is 0 Å². The van der Waals surface area contributed by atoms with Gasteiger partial charge in [-0.1, -0.05) is 24.6 Å². The van der Waals surface area contributed by atoms with Gasteiger partial charge in [-0.3, -0.25) is 4.79 Å². The van der Waals surface area contributed by atoms with Crippen molar-refractivity contribution in [2.24, 2.45) is 0 Å². The van der Waals surface area contributed by atoms with Crippen molar-refractivity contribution in [3.8, 4) is 5.75 Å². The summed E-state index contributed by atoms with van der Waals surface area (Å²) in [6, 6.07) is 13.1. The Kier molecular flexibility index (Phi) is 8.68. The zero-order chi connectivity index (χ0) is 20.4. The molecule has 0 atom stereocenters. The number of ether oxygens (including phenoxy) is 1. The Morgan fingerprint density at radius 3 is 2.54 bits per heavy atom. The Labute approximate surface area is 170 Å². The fourth-order valence-electron chi connectivity index (χ4n) is 2.68. The van der Waals surface area contributed by atoms with E-state index in [2.05, 4.69) is 10.1 Å². The number of phenols is 1. The van der Waals surface area contributed by atoms with Crippen LogP contribution in [0.25, 0.3) is 0 Å². The predicted molar refractivity (Wildman–Crippen MR) is 112 cm³/mol. The number of nitrogens with one attached hydrogen (secondary N) is 1. The number of halogens is 1. The lowest BCUT2D eigenvalue weighted by atomic mass is 10.1. The minimum atomic E-state index is -0.323. The molecule has 2 rings (SSSR count). The molecule has 0 aliphatic rings. The second kappa shape index (κ2) is 11.2. The van der Waals surface area contributed by atoms with Gasteiger partial charge in [0, 0.05) is 24.2 Å². The van der Waals surface area contributed by atoms with Crippen molar-refractivity contribution in [1.29, 1.82) is 0 Å². The third-order valence-corrected chi connectivity index (χ3v) is 4.63. The molecule has 5 nitrogen and oxygen atoms in total. The molecule has 0 heterocycles. The molecule has 0 spiro atoms. The van der Waals surface area contributed by atoms with E-state index in [1.54, 1.807) is 24.3 Å². The Morgan fingerprint density at radius 2 is 1.86 bits per heavy atom. The predicted octanol–water partition coefficient (Wildman–Crippen LogP) is 4.15. The van der Waals surface area contributed by atoms with Crippen molar-refractivity contribution in [2.75, 3.05) is 18.6 Å². The van der Waals surface area contributed by atoms with Crippen molar-refractivity contribution in [3.63, 3.8) is 0 Å². The number of carbonyl (C=O) groups excluding carboxylic acids is 1. The van der Waals surface area contributed by atoms with E-state index >= 15 is 0 Å². The number of unbranched alkanes of at least 4 members (excludes halogenated alkanes) is 2. The van der Waals surface area contributed by atoms with Crippen molar-refractivity contribution in [2.45, 2.75) is 32.2 Å². The number of nitrogens with zero attached hydrogens (tertiary/aromatic N) is 1.